The predicted octanol–water partition coefficient (Wildman–Crippen LogP) is 2.09. The molecule has 1 aromatic heterocycles. The van der Waals surface area contributed by atoms with Gasteiger partial charge in [-0.3, -0.25) is 15.2 Å². The van der Waals surface area contributed by atoms with Gasteiger partial charge < -0.3 is 0 Å². The summed E-state index contributed by atoms with van der Waals surface area (Å²) >= 11 is 5.82. The molecule has 2 N–H and O–H groups in total. The molecule has 0 radical (unpaired) electrons. The van der Waals surface area contributed by atoms with Gasteiger partial charge in [0.2, 0.25) is 11.9 Å². The van der Waals surface area contributed by atoms with Crippen LogP contribution < -0.4 is 5.32 Å². The van der Waals surface area contributed by atoms with Gasteiger partial charge in [-0.15, -0.1) is 5.10 Å². The van der Waals surface area contributed by atoms with Gasteiger partial charge in [0.15, 0.2) is 0 Å². The van der Waals surface area contributed by atoms with Crippen LogP contribution in [0.3, 0.4) is 0 Å². The first-order chi connectivity index (χ1) is 8.56. The number of nitrogens with one attached hydrogen (secondary N) is 2. The maximum absolute atomic E-state index is 13.5. The van der Waals surface area contributed by atoms with Gasteiger partial charge in [0.05, 0.1) is 6.42 Å². The average molecular weight is 269 g/mol. The van der Waals surface area contributed by atoms with Crippen molar-refractivity contribution < 1.29 is 9.18 Å². The summed E-state index contributed by atoms with van der Waals surface area (Å²) in [6.07, 6.45) is -0.168. The molecule has 7 heteroatoms. The van der Waals surface area contributed by atoms with E-state index in [1.165, 1.54) is 18.2 Å². The van der Waals surface area contributed by atoms with Crippen LogP contribution >= 0.6 is 11.6 Å². The lowest BCUT2D eigenvalue weighted by Gasteiger charge is -2.05. The van der Waals surface area contributed by atoms with E-state index in [2.05, 4.69) is 20.5 Å². The van der Waals surface area contributed by atoms with Crippen molar-refractivity contribution in [1.29, 1.82) is 0 Å². The molecule has 94 valence electrons. The van der Waals surface area contributed by atoms with Crippen molar-refractivity contribution in [3.63, 3.8) is 0 Å². The van der Waals surface area contributed by atoms with E-state index in [1.807, 2.05) is 0 Å². The number of carbonyl (C=O) groups is 1. The Hall–Kier alpha value is -1.95. The average Bonchev–Trinajstić information content (AvgIpc) is 2.69. The van der Waals surface area contributed by atoms with Gasteiger partial charge in [0.1, 0.15) is 11.6 Å². The molecule has 2 aromatic rings. The van der Waals surface area contributed by atoms with Crippen LogP contribution in [-0.4, -0.2) is 21.1 Å². The smallest absolute Gasteiger partial charge is 0.248 e. The predicted molar refractivity (Wildman–Crippen MR) is 64.9 cm³/mol. The molecule has 0 bridgehead atoms. The van der Waals surface area contributed by atoms with Crippen LogP contribution in [0.2, 0.25) is 5.02 Å². The second kappa shape index (κ2) is 5.14. The number of hydrogen-bond acceptors (Lipinski definition) is 3. The number of rotatable bonds is 3. The quantitative estimate of drug-likeness (QED) is 0.895. The lowest BCUT2D eigenvalue weighted by Crippen LogP contribution is -2.16. The van der Waals surface area contributed by atoms with E-state index in [-0.39, 0.29) is 23.0 Å². The topological polar surface area (TPSA) is 70.7 Å². The van der Waals surface area contributed by atoms with Crippen LogP contribution in [0.1, 0.15) is 11.4 Å². The second-order valence-electron chi connectivity index (χ2n) is 3.67. The summed E-state index contributed by atoms with van der Waals surface area (Å²) in [7, 11) is 0. The molecule has 5 nitrogen and oxygen atoms in total. The Morgan fingerprint density at radius 1 is 1.56 bits per heavy atom. The Morgan fingerprint density at radius 3 is 2.94 bits per heavy atom. The van der Waals surface area contributed by atoms with Crippen molar-refractivity contribution in [2.45, 2.75) is 13.3 Å². The fourth-order valence-electron chi connectivity index (χ4n) is 1.43. The Morgan fingerprint density at radius 2 is 2.33 bits per heavy atom. The van der Waals surface area contributed by atoms with Crippen molar-refractivity contribution in [2.75, 3.05) is 5.32 Å². The SMILES string of the molecule is Cc1nc(NC(=O)Cc2c(F)cccc2Cl)n[nH]1. The van der Waals surface area contributed by atoms with Crippen LogP contribution in [0.4, 0.5) is 10.3 Å². The molecule has 1 aromatic carbocycles. The van der Waals surface area contributed by atoms with Crippen molar-refractivity contribution in [3.8, 4) is 0 Å². The monoisotopic (exact) mass is 268 g/mol. The molecule has 0 saturated carbocycles. The highest BCUT2D eigenvalue weighted by molar-refractivity contribution is 6.31. The van der Waals surface area contributed by atoms with Gasteiger partial charge in [0.25, 0.3) is 0 Å². The van der Waals surface area contributed by atoms with E-state index in [0.29, 0.717) is 5.82 Å². The van der Waals surface area contributed by atoms with E-state index >= 15 is 0 Å². The van der Waals surface area contributed by atoms with Crippen LogP contribution in [-0.2, 0) is 11.2 Å². The van der Waals surface area contributed by atoms with Crippen molar-refractivity contribution >= 4 is 23.5 Å². The third kappa shape index (κ3) is 2.84. The minimum atomic E-state index is -0.510. The van der Waals surface area contributed by atoms with E-state index in [0.717, 1.165) is 0 Å². The largest absolute Gasteiger partial charge is 0.293 e. The van der Waals surface area contributed by atoms with E-state index in [1.54, 1.807) is 6.92 Å². The third-order valence-electron chi connectivity index (χ3n) is 2.25. The van der Waals surface area contributed by atoms with Crippen LogP contribution in [0.15, 0.2) is 18.2 Å². The zero-order valence-electron chi connectivity index (χ0n) is 9.50. The van der Waals surface area contributed by atoms with Crippen molar-refractivity contribution in [1.82, 2.24) is 15.2 Å². The van der Waals surface area contributed by atoms with Crippen molar-refractivity contribution in [2.24, 2.45) is 0 Å². The summed E-state index contributed by atoms with van der Waals surface area (Å²) in [4.78, 5) is 15.6. The maximum atomic E-state index is 13.5. The normalized spacial score (nSPS) is 10.4. The number of anilines is 1. The number of H-pyrrole nitrogens is 1. The van der Waals surface area contributed by atoms with Crippen LogP contribution in [0, 0.1) is 12.7 Å². The highest BCUT2D eigenvalue weighted by atomic mass is 35.5. The first kappa shape index (κ1) is 12.5. The number of aryl methyl sites for hydroxylation is 1. The lowest BCUT2D eigenvalue weighted by molar-refractivity contribution is -0.115. The van der Waals surface area contributed by atoms with Gasteiger partial charge in [-0.05, 0) is 19.1 Å². The standard InChI is InChI=1S/C11H10ClFN4O/c1-6-14-11(17-16-6)15-10(18)5-7-8(12)3-2-4-9(7)13/h2-4H,5H2,1H3,(H2,14,15,16,17,18). The highest BCUT2D eigenvalue weighted by Gasteiger charge is 2.13. The number of hydrogen-bond donors (Lipinski definition) is 2. The number of amides is 1. The summed E-state index contributed by atoms with van der Waals surface area (Å²) in [5.41, 5.74) is 0.156. The number of nitrogens with zero attached hydrogens (tertiary/aromatic N) is 2. The third-order valence-corrected chi connectivity index (χ3v) is 2.60. The van der Waals surface area contributed by atoms with Gasteiger partial charge in [0, 0.05) is 10.6 Å². The number of aromatic amines is 1. The fourth-order valence-corrected chi connectivity index (χ4v) is 1.66. The molecule has 0 atom stereocenters. The molecule has 0 fully saturated rings. The molecule has 0 aliphatic heterocycles. The van der Waals surface area contributed by atoms with E-state index in [4.69, 9.17) is 11.6 Å². The highest BCUT2D eigenvalue weighted by Crippen LogP contribution is 2.19. The number of carbonyl (C=O) groups excluding carboxylic acids is 1. The summed E-state index contributed by atoms with van der Waals surface area (Å²) in [6, 6.07) is 4.27. The van der Waals surface area contributed by atoms with Crippen LogP contribution in [0.5, 0.6) is 0 Å². The van der Waals surface area contributed by atoms with Gasteiger partial charge in [-0.2, -0.15) is 4.98 Å². The second-order valence-corrected chi connectivity index (χ2v) is 4.08. The Kier molecular flexibility index (Phi) is 3.57. The summed E-state index contributed by atoms with van der Waals surface area (Å²) in [6.45, 7) is 1.70. The van der Waals surface area contributed by atoms with E-state index in [9.17, 15) is 9.18 Å². The van der Waals surface area contributed by atoms with Gasteiger partial charge in [-0.1, -0.05) is 17.7 Å². The zero-order valence-corrected chi connectivity index (χ0v) is 10.3. The Balaban J connectivity index is 2.08. The molecule has 18 heavy (non-hydrogen) atoms. The molecule has 0 aliphatic rings. The maximum Gasteiger partial charge on any atom is 0.248 e. The van der Waals surface area contributed by atoms with Crippen molar-refractivity contribution in [3.05, 3.63) is 40.4 Å². The first-order valence-corrected chi connectivity index (χ1v) is 5.56. The number of aromatic nitrogens is 3. The minimum absolute atomic E-state index is 0.156. The Bertz CT molecular complexity index is 564. The van der Waals surface area contributed by atoms with Crippen LogP contribution in [0.25, 0.3) is 0 Å². The molecular formula is C11H10ClFN4O. The fraction of sp³-hybridized carbons (Fsp3) is 0.182. The molecule has 0 unspecified atom stereocenters. The van der Waals surface area contributed by atoms with Gasteiger partial charge in [-0.25, -0.2) is 4.39 Å². The zero-order chi connectivity index (χ0) is 13.1. The molecule has 1 heterocycles. The summed E-state index contributed by atoms with van der Waals surface area (Å²) < 4.78 is 13.5. The minimum Gasteiger partial charge on any atom is -0.293 e. The molecule has 2 rings (SSSR count). The van der Waals surface area contributed by atoms with E-state index < -0.39 is 11.7 Å². The molecular weight excluding hydrogens is 259 g/mol. The van der Waals surface area contributed by atoms with Gasteiger partial charge >= 0.3 is 0 Å². The number of halogens is 2. The molecule has 1 amide bonds. The lowest BCUT2D eigenvalue weighted by atomic mass is 10.1. The first-order valence-electron chi connectivity index (χ1n) is 5.18. The summed E-state index contributed by atoms with van der Waals surface area (Å²) in [5, 5.41) is 9.00. The number of benzene rings is 1. The molecule has 0 aliphatic carbocycles. The molecule has 0 saturated heterocycles. The summed E-state index contributed by atoms with van der Waals surface area (Å²) in [5.74, 6) is -0.205. The Labute approximate surface area is 107 Å². The molecule has 0 spiro atoms.